The summed E-state index contributed by atoms with van der Waals surface area (Å²) in [5.74, 6) is 2.06. The molecule has 0 radical (unpaired) electrons. The molecule has 1 N–H and O–H groups in total. The SMILES string of the molecule is COc1ccc(C(O)(COc2ccc(Cl)cc2)c2ccc(OC)cc2)cc1. The minimum absolute atomic E-state index is 0.0350. The quantitative estimate of drug-likeness (QED) is 0.643. The summed E-state index contributed by atoms with van der Waals surface area (Å²) in [5, 5.41) is 12.2. The van der Waals surface area contributed by atoms with Gasteiger partial charge >= 0.3 is 0 Å². The van der Waals surface area contributed by atoms with Gasteiger partial charge < -0.3 is 19.3 Å². The Morgan fingerprint density at radius 1 is 0.704 bits per heavy atom. The third-order valence-corrected chi connectivity index (χ3v) is 4.65. The van der Waals surface area contributed by atoms with Gasteiger partial charge in [-0.05, 0) is 59.7 Å². The molecule has 0 saturated heterocycles. The second-order valence-electron chi connectivity index (χ2n) is 6.06. The number of ether oxygens (including phenoxy) is 3. The molecule has 0 spiro atoms. The Morgan fingerprint density at radius 2 is 1.11 bits per heavy atom. The van der Waals surface area contributed by atoms with Crippen LogP contribution in [0, 0.1) is 0 Å². The Balaban J connectivity index is 1.94. The largest absolute Gasteiger partial charge is 0.497 e. The summed E-state index contributed by atoms with van der Waals surface area (Å²) in [6.07, 6.45) is 0. The third kappa shape index (κ3) is 4.35. The van der Waals surface area contributed by atoms with Gasteiger partial charge in [0.2, 0.25) is 0 Å². The predicted molar refractivity (Wildman–Crippen MR) is 106 cm³/mol. The van der Waals surface area contributed by atoms with Gasteiger partial charge in [0.25, 0.3) is 0 Å². The minimum Gasteiger partial charge on any atom is -0.497 e. The standard InChI is InChI=1S/C22H21ClO4/c1-25-19-9-3-16(4-10-19)22(24,17-5-11-20(26-2)12-6-17)15-27-21-13-7-18(23)8-14-21/h3-14,24H,15H2,1-2H3. The maximum atomic E-state index is 11.6. The van der Waals surface area contributed by atoms with Crippen molar-refractivity contribution >= 4 is 11.6 Å². The first-order chi connectivity index (χ1) is 13.0. The molecule has 0 fully saturated rings. The number of hydrogen-bond donors (Lipinski definition) is 1. The highest BCUT2D eigenvalue weighted by Crippen LogP contribution is 2.33. The summed E-state index contributed by atoms with van der Waals surface area (Å²) in [6.45, 7) is 0.0350. The van der Waals surface area contributed by atoms with Crippen LogP contribution >= 0.6 is 11.6 Å². The van der Waals surface area contributed by atoms with Gasteiger partial charge in [0.15, 0.2) is 0 Å². The molecular formula is C22H21ClO4. The molecule has 0 saturated carbocycles. The van der Waals surface area contributed by atoms with Crippen molar-refractivity contribution in [1.82, 2.24) is 0 Å². The van der Waals surface area contributed by atoms with Crippen LogP contribution in [0.2, 0.25) is 5.02 Å². The highest BCUT2D eigenvalue weighted by molar-refractivity contribution is 6.30. The predicted octanol–water partition coefficient (Wildman–Crippen LogP) is 4.67. The molecule has 0 heterocycles. The van der Waals surface area contributed by atoms with Crippen LogP contribution in [0.3, 0.4) is 0 Å². The Kier molecular flexibility index (Phi) is 5.89. The van der Waals surface area contributed by atoms with Crippen LogP contribution in [0.4, 0.5) is 0 Å². The summed E-state index contributed by atoms with van der Waals surface area (Å²) < 4.78 is 16.3. The maximum absolute atomic E-state index is 11.6. The van der Waals surface area contributed by atoms with Gasteiger partial charge in [-0.3, -0.25) is 0 Å². The molecule has 0 aromatic heterocycles. The van der Waals surface area contributed by atoms with E-state index in [0.717, 1.165) is 11.5 Å². The van der Waals surface area contributed by atoms with Crippen molar-refractivity contribution in [3.63, 3.8) is 0 Å². The molecule has 5 heteroatoms. The van der Waals surface area contributed by atoms with Crippen LogP contribution in [0.15, 0.2) is 72.8 Å². The number of benzene rings is 3. The Hall–Kier alpha value is -2.69. The highest BCUT2D eigenvalue weighted by Gasteiger charge is 2.33. The van der Waals surface area contributed by atoms with E-state index in [-0.39, 0.29) is 6.61 Å². The molecule has 0 aliphatic heterocycles. The fourth-order valence-electron chi connectivity index (χ4n) is 2.79. The van der Waals surface area contributed by atoms with E-state index in [1.807, 2.05) is 48.5 Å². The average molecular weight is 385 g/mol. The summed E-state index contributed by atoms with van der Waals surface area (Å²) >= 11 is 5.92. The fraction of sp³-hybridized carbons (Fsp3) is 0.182. The normalized spacial score (nSPS) is 11.1. The Bertz CT molecular complexity index is 811. The summed E-state index contributed by atoms with van der Waals surface area (Å²) in [4.78, 5) is 0. The van der Waals surface area contributed by atoms with E-state index in [1.165, 1.54) is 0 Å². The van der Waals surface area contributed by atoms with Crippen molar-refractivity contribution in [2.75, 3.05) is 20.8 Å². The van der Waals surface area contributed by atoms with E-state index >= 15 is 0 Å². The molecule has 0 bridgehead atoms. The fourth-order valence-corrected chi connectivity index (χ4v) is 2.91. The van der Waals surface area contributed by atoms with Crippen LogP contribution in [0.25, 0.3) is 0 Å². The number of halogens is 1. The third-order valence-electron chi connectivity index (χ3n) is 4.40. The van der Waals surface area contributed by atoms with Crippen LogP contribution < -0.4 is 14.2 Å². The van der Waals surface area contributed by atoms with Gasteiger partial charge in [-0.15, -0.1) is 0 Å². The topological polar surface area (TPSA) is 47.9 Å². The van der Waals surface area contributed by atoms with Crippen molar-refractivity contribution in [1.29, 1.82) is 0 Å². The van der Waals surface area contributed by atoms with Crippen molar-refractivity contribution in [3.05, 3.63) is 88.9 Å². The van der Waals surface area contributed by atoms with Crippen LogP contribution in [-0.4, -0.2) is 25.9 Å². The van der Waals surface area contributed by atoms with Crippen LogP contribution in [0.5, 0.6) is 17.2 Å². The molecule has 140 valence electrons. The van der Waals surface area contributed by atoms with E-state index in [9.17, 15) is 5.11 Å². The second kappa shape index (κ2) is 8.33. The van der Waals surface area contributed by atoms with Gasteiger partial charge in [-0.2, -0.15) is 0 Å². The lowest BCUT2D eigenvalue weighted by atomic mass is 9.87. The lowest BCUT2D eigenvalue weighted by molar-refractivity contribution is 0.0275. The van der Waals surface area contributed by atoms with Crippen molar-refractivity contribution < 1.29 is 19.3 Å². The van der Waals surface area contributed by atoms with E-state index in [2.05, 4.69) is 0 Å². The maximum Gasteiger partial charge on any atom is 0.148 e. The van der Waals surface area contributed by atoms with E-state index in [1.54, 1.807) is 38.5 Å². The lowest BCUT2D eigenvalue weighted by Gasteiger charge is -2.29. The molecule has 0 aliphatic carbocycles. The monoisotopic (exact) mass is 384 g/mol. The second-order valence-corrected chi connectivity index (χ2v) is 6.50. The lowest BCUT2D eigenvalue weighted by Crippen LogP contribution is -2.34. The molecule has 4 nitrogen and oxygen atoms in total. The van der Waals surface area contributed by atoms with Crippen LogP contribution in [-0.2, 0) is 5.60 Å². The van der Waals surface area contributed by atoms with Gasteiger partial charge in [-0.25, -0.2) is 0 Å². The first-order valence-corrected chi connectivity index (χ1v) is 8.83. The first kappa shape index (κ1) is 19.1. The van der Waals surface area contributed by atoms with Gasteiger partial charge in [0.1, 0.15) is 29.5 Å². The molecule has 3 aromatic rings. The summed E-state index contributed by atoms with van der Waals surface area (Å²) in [7, 11) is 3.21. The molecular weight excluding hydrogens is 364 g/mol. The zero-order valence-electron chi connectivity index (χ0n) is 15.2. The smallest absolute Gasteiger partial charge is 0.148 e. The number of methoxy groups -OCH3 is 2. The number of hydrogen-bond acceptors (Lipinski definition) is 4. The van der Waals surface area contributed by atoms with E-state index in [4.69, 9.17) is 25.8 Å². The summed E-state index contributed by atoms with van der Waals surface area (Å²) in [6, 6.07) is 21.6. The minimum atomic E-state index is -1.35. The summed E-state index contributed by atoms with van der Waals surface area (Å²) in [5.41, 5.74) is 0.0444. The molecule has 27 heavy (non-hydrogen) atoms. The molecule has 3 aromatic carbocycles. The van der Waals surface area contributed by atoms with E-state index in [0.29, 0.717) is 21.9 Å². The van der Waals surface area contributed by atoms with Crippen molar-refractivity contribution in [2.45, 2.75) is 5.60 Å². The zero-order valence-corrected chi connectivity index (χ0v) is 15.9. The van der Waals surface area contributed by atoms with Gasteiger partial charge in [-0.1, -0.05) is 35.9 Å². The van der Waals surface area contributed by atoms with Crippen LogP contribution in [0.1, 0.15) is 11.1 Å². The number of rotatable bonds is 7. The molecule has 0 atom stereocenters. The molecule has 3 rings (SSSR count). The Morgan fingerprint density at radius 3 is 1.52 bits per heavy atom. The highest BCUT2D eigenvalue weighted by atomic mass is 35.5. The van der Waals surface area contributed by atoms with E-state index < -0.39 is 5.60 Å². The average Bonchev–Trinajstić information content (AvgIpc) is 2.73. The van der Waals surface area contributed by atoms with Gasteiger partial charge in [0, 0.05) is 5.02 Å². The Labute approximate surface area is 163 Å². The van der Waals surface area contributed by atoms with Gasteiger partial charge in [0.05, 0.1) is 14.2 Å². The molecule has 0 aliphatic rings. The molecule has 0 amide bonds. The number of aliphatic hydroxyl groups is 1. The molecule has 0 unspecified atom stereocenters. The van der Waals surface area contributed by atoms with Crippen molar-refractivity contribution in [3.8, 4) is 17.2 Å². The van der Waals surface area contributed by atoms with Crippen molar-refractivity contribution in [2.24, 2.45) is 0 Å². The first-order valence-electron chi connectivity index (χ1n) is 8.45. The zero-order chi connectivity index (χ0) is 19.3.